The molecule has 0 aromatic heterocycles. The quantitative estimate of drug-likeness (QED) is 0.510. The fraction of sp³-hybridized carbons (Fsp3) is 0.562. The monoisotopic (exact) mass is 248 g/mol. The molecular weight excluding hydrogens is 224 g/mol. The molecule has 2 nitrogen and oxygen atoms in total. The maximum absolute atomic E-state index is 11.7. The molecule has 0 aliphatic carbocycles. The molecule has 0 heterocycles. The molecule has 0 amide bonds. The number of carbonyl (C=O) groups excluding carboxylic acids is 1. The number of rotatable bonds is 8. The SMILES string of the molecule is CCCCCC[C@H](C)OC(=O)Cc1ccccc1. The summed E-state index contributed by atoms with van der Waals surface area (Å²) in [6.07, 6.45) is 6.27. The van der Waals surface area contributed by atoms with Crippen molar-refractivity contribution >= 4 is 5.97 Å². The molecule has 0 radical (unpaired) electrons. The fourth-order valence-corrected chi connectivity index (χ4v) is 1.95. The summed E-state index contributed by atoms with van der Waals surface area (Å²) in [4.78, 5) is 11.7. The molecule has 0 fully saturated rings. The minimum atomic E-state index is -0.121. The van der Waals surface area contributed by atoms with E-state index in [9.17, 15) is 4.79 Å². The Kier molecular flexibility index (Phi) is 7.16. The molecule has 1 atom stereocenters. The van der Waals surface area contributed by atoms with Gasteiger partial charge in [0.1, 0.15) is 0 Å². The zero-order valence-electron chi connectivity index (χ0n) is 11.5. The van der Waals surface area contributed by atoms with Crippen molar-refractivity contribution in [2.45, 2.75) is 58.5 Å². The van der Waals surface area contributed by atoms with E-state index in [0.717, 1.165) is 18.4 Å². The van der Waals surface area contributed by atoms with Crippen LogP contribution in [-0.4, -0.2) is 12.1 Å². The summed E-state index contributed by atoms with van der Waals surface area (Å²) in [5.74, 6) is -0.121. The van der Waals surface area contributed by atoms with Gasteiger partial charge in [-0.2, -0.15) is 0 Å². The van der Waals surface area contributed by atoms with Crippen LogP contribution in [0.5, 0.6) is 0 Å². The van der Waals surface area contributed by atoms with Crippen molar-refractivity contribution in [2.24, 2.45) is 0 Å². The molecule has 1 aromatic carbocycles. The summed E-state index contributed by atoms with van der Waals surface area (Å²) in [5.41, 5.74) is 1.01. The van der Waals surface area contributed by atoms with E-state index in [1.807, 2.05) is 37.3 Å². The van der Waals surface area contributed by atoms with Crippen LogP contribution < -0.4 is 0 Å². The molecule has 0 N–H and O–H groups in total. The molecule has 0 aliphatic rings. The van der Waals surface area contributed by atoms with Crippen LogP contribution in [0.25, 0.3) is 0 Å². The molecule has 0 bridgehead atoms. The smallest absolute Gasteiger partial charge is 0.310 e. The van der Waals surface area contributed by atoms with Crippen molar-refractivity contribution in [2.75, 3.05) is 0 Å². The second-order valence-electron chi connectivity index (χ2n) is 4.81. The normalized spacial score (nSPS) is 12.1. The van der Waals surface area contributed by atoms with Gasteiger partial charge in [-0.05, 0) is 25.3 Å². The minimum absolute atomic E-state index is 0.0399. The summed E-state index contributed by atoms with van der Waals surface area (Å²) in [6, 6.07) is 9.74. The fourth-order valence-electron chi connectivity index (χ4n) is 1.95. The molecule has 0 spiro atoms. The topological polar surface area (TPSA) is 26.3 Å². The van der Waals surface area contributed by atoms with Gasteiger partial charge >= 0.3 is 5.97 Å². The summed E-state index contributed by atoms with van der Waals surface area (Å²) in [7, 11) is 0. The maximum atomic E-state index is 11.7. The maximum Gasteiger partial charge on any atom is 0.310 e. The highest BCUT2D eigenvalue weighted by Gasteiger charge is 2.09. The standard InChI is InChI=1S/C16H24O2/c1-3-4-5-7-10-14(2)18-16(17)13-15-11-8-6-9-12-15/h6,8-9,11-12,14H,3-5,7,10,13H2,1-2H3/t14-/m0/s1. The van der Waals surface area contributed by atoms with Gasteiger partial charge in [0.2, 0.25) is 0 Å². The average molecular weight is 248 g/mol. The second-order valence-corrected chi connectivity index (χ2v) is 4.81. The molecule has 1 aromatic rings. The molecule has 0 saturated heterocycles. The van der Waals surface area contributed by atoms with Gasteiger partial charge in [0.15, 0.2) is 0 Å². The van der Waals surface area contributed by atoms with Gasteiger partial charge in [0.25, 0.3) is 0 Å². The Morgan fingerprint density at radius 2 is 1.89 bits per heavy atom. The Bertz CT molecular complexity index is 332. The van der Waals surface area contributed by atoms with E-state index < -0.39 is 0 Å². The van der Waals surface area contributed by atoms with Gasteiger partial charge in [-0.1, -0.05) is 56.5 Å². The Labute approximate surface area is 110 Å². The zero-order valence-corrected chi connectivity index (χ0v) is 11.5. The highest BCUT2D eigenvalue weighted by atomic mass is 16.5. The van der Waals surface area contributed by atoms with Gasteiger partial charge in [-0.15, -0.1) is 0 Å². The van der Waals surface area contributed by atoms with Crippen LogP contribution in [0.1, 0.15) is 51.5 Å². The highest BCUT2D eigenvalue weighted by Crippen LogP contribution is 2.09. The van der Waals surface area contributed by atoms with E-state index in [1.54, 1.807) is 0 Å². The van der Waals surface area contributed by atoms with Crippen molar-refractivity contribution in [1.82, 2.24) is 0 Å². The van der Waals surface area contributed by atoms with Crippen LogP contribution >= 0.6 is 0 Å². The number of carbonyl (C=O) groups is 1. The first-order chi connectivity index (χ1) is 8.72. The molecule has 0 unspecified atom stereocenters. The van der Waals surface area contributed by atoms with E-state index in [0.29, 0.717) is 6.42 Å². The van der Waals surface area contributed by atoms with E-state index in [1.165, 1.54) is 19.3 Å². The van der Waals surface area contributed by atoms with Crippen molar-refractivity contribution in [3.63, 3.8) is 0 Å². The molecule has 0 aliphatic heterocycles. The predicted octanol–water partition coefficient (Wildman–Crippen LogP) is 4.13. The predicted molar refractivity (Wildman–Crippen MR) is 74.5 cm³/mol. The highest BCUT2D eigenvalue weighted by molar-refractivity contribution is 5.72. The molecule has 18 heavy (non-hydrogen) atoms. The van der Waals surface area contributed by atoms with Crippen LogP contribution in [0, 0.1) is 0 Å². The van der Waals surface area contributed by atoms with Gasteiger partial charge in [-0.25, -0.2) is 0 Å². The second kappa shape index (κ2) is 8.73. The number of hydrogen-bond acceptors (Lipinski definition) is 2. The van der Waals surface area contributed by atoms with E-state index in [-0.39, 0.29) is 12.1 Å². The molecule has 100 valence electrons. The lowest BCUT2D eigenvalue weighted by Gasteiger charge is -2.13. The Hall–Kier alpha value is -1.31. The van der Waals surface area contributed by atoms with E-state index in [2.05, 4.69) is 6.92 Å². The van der Waals surface area contributed by atoms with Crippen LogP contribution in [-0.2, 0) is 16.0 Å². The number of benzene rings is 1. The van der Waals surface area contributed by atoms with Crippen LogP contribution in [0.3, 0.4) is 0 Å². The van der Waals surface area contributed by atoms with Crippen LogP contribution in [0.15, 0.2) is 30.3 Å². The van der Waals surface area contributed by atoms with Gasteiger partial charge < -0.3 is 4.74 Å². The minimum Gasteiger partial charge on any atom is -0.462 e. The summed E-state index contributed by atoms with van der Waals surface area (Å²) < 4.78 is 5.40. The molecular formula is C16H24O2. The summed E-state index contributed by atoms with van der Waals surface area (Å²) >= 11 is 0. The third kappa shape index (κ3) is 6.43. The van der Waals surface area contributed by atoms with Crippen LogP contribution in [0.2, 0.25) is 0 Å². The number of ether oxygens (including phenoxy) is 1. The first-order valence-corrected chi connectivity index (χ1v) is 6.95. The summed E-state index contributed by atoms with van der Waals surface area (Å²) in [6.45, 7) is 4.18. The lowest BCUT2D eigenvalue weighted by Crippen LogP contribution is -2.16. The molecule has 0 saturated carbocycles. The molecule has 1 rings (SSSR count). The summed E-state index contributed by atoms with van der Waals surface area (Å²) in [5, 5.41) is 0. The van der Waals surface area contributed by atoms with Gasteiger partial charge in [-0.3, -0.25) is 4.79 Å². The third-order valence-electron chi connectivity index (χ3n) is 2.99. The van der Waals surface area contributed by atoms with E-state index in [4.69, 9.17) is 4.74 Å². The van der Waals surface area contributed by atoms with Gasteiger partial charge in [0.05, 0.1) is 12.5 Å². The van der Waals surface area contributed by atoms with Gasteiger partial charge in [0, 0.05) is 0 Å². The average Bonchev–Trinajstić information content (AvgIpc) is 2.35. The Morgan fingerprint density at radius 1 is 1.17 bits per heavy atom. The molecule has 2 heteroatoms. The Morgan fingerprint density at radius 3 is 2.56 bits per heavy atom. The third-order valence-corrected chi connectivity index (χ3v) is 2.99. The van der Waals surface area contributed by atoms with Crippen molar-refractivity contribution in [1.29, 1.82) is 0 Å². The number of unbranched alkanes of at least 4 members (excludes halogenated alkanes) is 3. The lowest BCUT2D eigenvalue weighted by atomic mass is 10.1. The Balaban J connectivity index is 2.19. The van der Waals surface area contributed by atoms with Crippen molar-refractivity contribution in [3.05, 3.63) is 35.9 Å². The lowest BCUT2D eigenvalue weighted by molar-refractivity contribution is -0.147. The number of esters is 1. The van der Waals surface area contributed by atoms with Crippen molar-refractivity contribution in [3.8, 4) is 0 Å². The largest absolute Gasteiger partial charge is 0.462 e. The number of hydrogen-bond donors (Lipinski definition) is 0. The van der Waals surface area contributed by atoms with E-state index >= 15 is 0 Å². The first-order valence-electron chi connectivity index (χ1n) is 6.95. The van der Waals surface area contributed by atoms with Crippen molar-refractivity contribution < 1.29 is 9.53 Å². The first kappa shape index (κ1) is 14.7. The zero-order chi connectivity index (χ0) is 13.2. The van der Waals surface area contributed by atoms with Crippen LogP contribution in [0.4, 0.5) is 0 Å².